The van der Waals surface area contributed by atoms with E-state index in [0.29, 0.717) is 6.04 Å². The Labute approximate surface area is 152 Å². The molecule has 2 N–H and O–H groups in total. The van der Waals surface area contributed by atoms with E-state index in [0.717, 1.165) is 45.0 Å². The minimum absolute atomic E-state index is 0.0381. The maximum absolute atomic E-state index is 12.5. The summed E-state index contributed by atoms with van der Waals surface area (Å²) >= 11 is 0. The van der Waals surface area contributed by atoms with Gasteiger partial charge < -0.3 is 15.4 Å². The zero-order chi connectivity index (χ0) is 17.1. The predicted octanol–water partition coefficient (Wildman–Crippen LogP) is 3.18. The maximum atomic E-state index is 12.5. The van der Waals surface area contributed by atoms with E-state index < -0.39 is 0 Å². The molecule has 2 amide bonds. The molecule has 0 unspecified atom stereocenters. The summed E-state index contributed by atoms with van der Waals surface area (Å²) in [7, 11) is 0. The van der Waals surface area contributed by atoms with Crippen molar-refractivity contribution in [2.75, 3.05) is 19.7 Å². The van der Waals surface area contributed by atoms with Crippen LogP contribution in [0.4, 0.5) is 4.79 Å². The van der Waals surface area contributed by atoms with Crippen molar-refractivity contribution in [2.24, 2.45) is 0 Å². The molecule has 0 aromatic rings. The van der Waals surface area contributed by atoms with Crippen molar-refractivity contribution in [3.8, 4) is 0 Å². The van der Waals surface area contributed by atoms with Gasteiger partial charge in [-0.15, -0.1) is 0 Å². The second-order valence-corrected chi connectivity index (χ2v) is 8.82. The molecule has 142 valence electrons. The van der Waals surface area contributed by atoms with Crippen LogP contribution in [0, 0.1) is 0 Å². The molecule has 2 heterocycles. The van der Waals surface area contributed by atoms with Gasteiger partial charge in [-0.05, 0) is 44.9 Å². The first-order valence-electron chi connectivity index (χ1n) is 10.7. The van der Waals surface area contributed by atoms with Crippen LogP contribution >= 0.6 is 0 Å². The Kier molecular flexibility index (Phi) is 5.51. The van der Waals surface area contributed by atoms with Crippen molar-refractivity contribution >= 4 is 6.03 Å². The van der Waals surface area contributed by atoms with Gasteiger partial charge in [-0.3, -0.25) is 4.90 Å². The van der Waals surface area contributed by atoms with E-state index in [4.69, 9.17) is 4.74 Å². The average molecular weight is 350 g/mol. The summed E-state index contributed by atoms with van der Waals surface area (Å²) in [5, 5.41) is 6.49. The summed E-state index contributed by atoms with van der Waals surface area (Å²) in [6.07, 6.45) is 14.7. The quantitative estimate of drug-likeness (QED) is 0.823. The first kappa shape index (κ1) is 17.6. The first-order valence-corrected chi connectivity index (χ1v) is 10.7. The van der Waals surface area contributed by atoms with Gasteiger partial charge in [0.1, 0.15) is 0 Å². The zero-order valence-electron chi connectivity index (χ0n) is 15.6. The van der Waals surface area contributed by atoms with Gasteiger partial charge in [-0.1, -0.05) is 32.1 Å². The molecule has 2 saturated heterocycles. The molecular weight excluding hydrogens is 314 g/mol. The summed E-state index contributed by atoms with van der Waals surface area (Å²) in [6.45, 7) is 2.98. The monoisotopic (exact) mass is 349 g/mol. The highest BCUT2D eigenvalue weighted by Gasteiger charge is 2.39. The van der Waals surface area contributed by atoms with Crippen molar-refractivity contribution in [1.29, 1.82) is 0 Å². The van der Waals surface area contributed by atoms with Gasteiger partial charge in [0.25, 0.3) is 0 Å². The molecule has 5 heteroatoms. The van der Waals surface area contributed by atoms with E-state index in [1.165, 1.54) is 57.8 Å². The van der Waals surface area contributed by atoms with Crippen LogP contribution in [-0.4, -0.2) is 54.4 Å². The minimum Gasteiger partial charge on any atom is -0.375 e. The molecule has 0 radical (unpaired) electrons. The lowest BCUT2D eigenvalue weighted by molar-refractivity contribution is -0.107. The lowest BCUT2D eigenvalue weighted by Gasteiger charge is -2.43. The SMILES string of the molecule is O=C(N[C@@H]1CCN(C2CCCC2)C1)N[C@H]1CCOC2(CCCCC2)C1. The van der Waals surface area contributed by atoms with Gasteiger partial charge in [0.15, 0.2) is 0 Å². The van der Waals surface area contributed by atoms with Gasteiger partial charge >= 0.3 is 6.03 Å². The van der Waals surface area contributed by atoms with Crippen LogP contribution in [-0.2, 0) is 4.74 Å². The Morgan fingerprint density at radius 1 is 0.920 bits per heavy atom. The van der Waals surface area contributed by atoms with Crippen molar-refractivity contribution in [3.05, 3.63) is 0 Å². The number of rotatable bonds is 3. The lowest BCUT2D eigenvalue weighted by Crippen LogP contribution is -2.53. The van der Waals surface area contributed by atoms with Crippen LogP contribution in [0.2, 0.25) is 0 Å². The molecule has 4 rings (SSSR count). The number of urea groups is 1. The zero-order valence-corrected chi connectivity index (χ0v) is 15.6. The van der Waals surface area contributed by atoms with Crippen LogP contribution in [0.15, 0.2) is 0 Å². The summed E-state index contributed by atoms with van der Waals surface area (Å²) in [6, 6.07) is 1.41. The topological polar surface area (TPSA) is 53.6 Å². The van der Waals surface area contributed by atoms with Gasteiger partial charge in [-0.25, -0.2) is 4.79 Å². The van der Waals surface area contributed by atoms with E-state index in [2.05, 4.69) is 15.5 Å². The number of nitrogens with one attached hydrogen (secondary N) is 2. The number of hydrogen-bond donors (Lipinski definition) is 2. The molecule has 2 saturated carbocycles. The third kappa shape index (κ3) is 4.30. The fraction of sp³-hybridized carbons (Fsp3) is 0.950. The second kappa shape index (κ2) is 7.83. The Morgan fingerprint density at radius 2 is 1.68 bits per heavy atom. The highest BCUT2D eigenvalue weighted by Crippen LogP contribution is 2.38. The van der Waals surface area contributed by atoms with Crippen LogP contribution < -0.4 is 10.6 Å². The number of carbonyl (C=O) groups is 1. The number of carbonyl (C=O) groups excluding carboxylic acids is 1. The number of ether oxygens (including phenoxy) is 1. The average Bonchev–Trinajstić information content (AvgIpc) is 3.27. The number of amides is 2. The van der Waals surface area contributed by atoms with Crippen LogP contribution in [0.1, 0.15) is 77.0 Å². The molecule has 0 aromatic heterocycles. The molecule has 5 nitrogen and oxygen atoms in total. The van der Waals surface area contributed by atoms with Crippen LogP contribution in [0.5, 0.6) is 0 Å². The third-order valence-electron chi connectivity index (χ3n) is 6.99. The fourth-order valence-electron chi connectivity index (χ4n) is 5.61. The van der Waals surface area contributed by atoms with Crippen molar-refractivity contribution in [1.82, 2.24) is 15.5 Å². The predicted molar refractivity (Wildman–Crippen MR) is 98.7 cm³/mol. The number of hydrogen-bond acceptors (Lipinski definition) is 3. The molecule has 1 spiro atoms. The molecule has 25 heavy (non-hydrogen) atoms. The standard InChI is InChI=1S/C20H35N3O2/c24-19(22-17-8-12-23(15-17)18-6-2-3-7-18)21-16-9-13-25-20(14-16)10-4-1-5-11-20/h16-18H,1-15H2,(H2,21,22,24)/t16-,17+/m0/s1. The Bertz CT molecular complexity index is 452. The Morgan fingerprint density at radius 3 is 2.48 bits per heavy atom. The maximum Gasteiger partial charge on any atom is 0.315 e. The fourth-order valence-corrected chi connectivity index (χ4v) is 5.61. The summed E-state index contributed by atoms with van der Waals surface area (Å²) in [5.41, 5.74) is 0.0566. The largest absolute Gasteiger partial charge is 0.375 e. The highest BCUT2D eigenvalue weighted by molar-refractivity contribution is 5.74. The van der Waals surface area contributed by atoms with Gasteiger partial charge in [0, 0.05) is 37.8 Å². The Hall–Kier alpha value is -0.810. The molecule has 4 fully saturated rings. The van der Waals surface area contributed by atoms with E-state index in [-0.39, 0.29) is 17.7 Å². The molecular formula is C20H35N3O2. The number of likely N-dealkylation sites (tertiary alicyclic amines) is 1. The van der Waals surface area contributed by atoms with Crippen molar-refractivity contribution in [3.63, 3.8) is 0 Å². The molecule has 4 aliphatic rings. The van der Waals surface area contributed by atoms with Crippen molar-refractivity contribution in [2.45, 2.75) is 101 Å². The second-order valence-electron chi connectivity index (χ2n) is 8.82. The normalized spacial score (nSPS) is 33.6. The smallest absolute Gasteiger partial charge is 0.315 e. The van der Waals surface area contributed by atoms with Crippen molar-refractivity contribution < 1.29 is 9.53 Å². The van der Waals surface area contributed by atoms with E-state index in [9.17, 15) is 4.79 Å². The minimum atomic E-state index is 0.0381. The van der Waals surface area contributed by atoms with Crippen LogP contribution in [0.3, 0.4) is 0 Å². The highest BCUT2D eigenvalue weighted by atomic mass is 16.5. The third-order valence-corrected chi connectivity index (χ3v) is 6.99. The molecule has 0 aromatic carbocycles. The van der Waals surface area contributed by atoms with E-state index in [1.807, 2.05) is 0 Å². The summed E-state index contributed by atoms with van der Waals surface area (Å²) < 4.78 is 6.14. The van der Waals surface area contributed by atoms with Crippen LogP contribution in [0.25, 0.3) is 0 Å². The van der Waals surface area contributed by atoms with E-state index in [1.54, 1.807) is 0 Å². The van der Waals surface area contributed by atoms with Gasteiger partial charge in [-0.2, -0.15) is 0 Å². The van der Waals surface area contributed by atoms with E-state index >= 15 is 0 Å². The molecule has 0 bridgehead atoms. The summed E-state index contributed by atoms with van der Waals surface area (Å²) in [4.78, 5) is 15.1. The van der Waals surface area contributed by atoms with Gasteiger partial charge in [0.05, 0.1) is 5.60 Å². The Balaban J connectivity index is 1.22. The van der Waals surface area contributed by atoms with Gasteiger partial charge in [0.2, 0.25) is 0 Å². The lowest BCUT2D eigenvalue weighted by atomic mass is 9.78. The molecule has 2 aliphatic heterocycles. The molecule has 2 atom stereocenters. The summed E-state index contributed by atoms with van der Waals surface area (Å²) in [5.74, 6) is 0. The molecule has 2 aliphatic carbocycles. The first-order chi connectivity index (χ1) is 12.2. The number of nitrogens with zero attached hydrogens (tertiary/aromatic N) is 1.